The van der Waals surface area contributed by atoms with Crippen molar-refractivity contribution in [1.29, 1.82) is 0 Å². The van der Waals surface area contributed by atoms with Crippen LogP contribution in [0.5, 0.6) is 0 Å². The topological polar surface area (TPSA) is 53.7 Å². The van der Waals surface area contributed by atoms with E-state index in [9.17, 15) is 9.90 Å². The average molecular weight is 306 g/mol. The van der Waals surface area contributed by atoms with Gasteiger partial charge in [-0.05, 0) is 43.7 Å². The van der Waals surface area contributed by atoms with E-state index in [1.165, 1.54) is 0 Å². The molecule has 1 saturated heterocycles. The lowest BCUT2D eigenvalue weighted by molar-refractivity contribution is -0.142. The van der Waals surface area contributed by atoms with Crippen molar-refractivity contribution in [3.05, 3.63) is 47.2 Å². The minimum atomic E-state index is -0.759. The van der Waals surface area contributed by atoms with Crippen LogP contribution in [0.1, 0.15) is 18.6 Å². The van der Waals surface area contributed by atoms with Crippen LogP contribution in [0.3, 0.4) is 0 Å². The minimum absolute atomic E-state index is 0.404. The number of rotatable bonds is 4. The van der Waals surface area contributed by atoms with Gasteiger partial charge in [0.1, 0.15) is 17.6 Å². The van der Waals surface area contributed by atoms with Gasteiger partial charge in [-0.3, -0.25) is 9.69 Å². The molecule has 1 unspecified atom stereocenters. The third kappa shape index (κ3) is 2.96. The molecule has 21 heavy (non-hydrogen) atoms. The molecule has 1 N–H and O–H groups in total. The molecule has 4 nitrogen and oxygen atoms in total. The lowest BCUT2D eigenvalue weighted by Gasteiger charge is -2.19. The third-order valence-electron chi connectivity index (χ3n) is 3.81. The summed E-state index contributed by atoms with van der Waals surface area (Å²) in [6, 6.07) is 10.9. The Kier molecular flexibility index (Phi) is 3.99. The lowest BCUT2D eigenvalue weighted by atomic mass is 10.2. The molecule has 2 heterocycles. The number of furan rings is 1. The van der Waals surface area contributed by atoms with Crippen LogP contribution in [0.2, 0.25) is 5.02 Å². The van der Waals surface area contributed by atoms with E-state index in [2.05, 4.69) is 0 Å². The number of hydrogen-bond donors (Lipinski definition) is 1. The van der Waals surface area contributed by atoms with Crippen molar-refractivity contribution in [2.24, 2.45) is 0 Å². The standard InChI is InChI=1S/C16H16ClNO3/c17-13-5-2-1-4-12(13)15-8-7-11(21-15)10-18-9-3-6-14(18)16(19)20/h1-2,4-5,7-8,14H,3,6,9-10H2,(H,19,20). The molecule has 1 aliphatic heterocycles. The maximum atomic E-state index is 11.2. The van der Waals surface area contributed by atoms with Crippen LogP contribution in [0.25, 0.3) is 11.3 Å². The summed E-state index contributed by atoms with van der Waals surface area (Å²) in [5.41, 5.74) is 0.849. The van der Waals surface area contributed by atoms with Gasteiger partial charge in [0.15, 0.2) is 0 Å². The largest absolute Gasteiger partial charge is 0.480 e. The SMILES string of the molecule is O=C(O)C1CCCN1Cc1ccc(-c2ccccc2Cl)o1. The molecule has 1 atom stereocenters. The lowest BCUT2D eigenvalue weighted by Crippen LogP contribution is -2.35. The highest BCUT2D eigenvalue weighted by atomic mass is 35.5. The Morgan fingerprint density at radius 3 is 2.90 bits per heavy atom. The third-order valence-corrected chi connectivity index (χ3v) is 4.14. The zero-order valence-electron chi connectivity index (χ0n) is 11.5. The summed E-state index contributed by atoms with van der Waals surface area (Å²) in [5.74, 6) is 0.713. The quantitative estimate of drug-likeness (QED) is 0.937. The molecule has 1 fully saturated rings. The first-order valence-corrected chi connectivity index (χ1v) is 7.33. The number of carboxylic acids is 1. The van der Waals surface area contributed by atoms with Crippen molar-refractivity contribution < 1.29 is 14.3 Å². The molecule has 5 heteroatoms. The molecule has 3 rings (SSSR count). The summed E-state index contributed by atoms with van der Waals surface area (Å²) in [6.45, 7) is 1.31. The van der Waals surface area contributed by atoms with Gasteiger partial charge in [-0.15, -0.1) is 0 Å². The molecule has 1 aromatic heterocycles. The highest BCUT2D eigenvalue weighted by molar-refractivity contribution is 6.33. The van der Waals surface area contributed by atoms with Gasteiger partial charge in [0.2, 0.25) is 0 Å². The minimum Gasteiger partial charge on any atom is -0.480 e. The first kappa shape index (κ1) is 14.2. The van der Waals surface area contributed by atoms with Gasteiger partial charge < -0.3 is 9.52 Å². The molecule has 0 amide bonds. The van der Waals surface area contributed by atoms with Crippen molar-refractivity contribution in [3.63, 3.8) is 0 Å². The number of aliphatic carboxylic acids is 1. The van der Waals surface area contributed by atoms with Crippen molar-refractivity contribution in [2.45, 2.75) is 25.4 Å². The fraction of sp³-hybridized carbons (Fsp3) is 0.312. The van der Waals surface area contributed by atoms with E-state index in [4.69, 9.17) is 16.0 Å². The Bertz CT molecular complexity index is 652. The Hall–Kier alpha value is -1.78. The normalized spacial score (nSPS) is 19.0. The monoisotopic (exact) mass is 305 g/mol. The summed E-state index contributed by atoms with van der Waals surface area (Å²) in [4.78, 5) is 13.1. The highest BCUT2D eigenvalue weighted by Crippen LogP contribution is 2.30. The summed E-state index contributed by atoms with van der Waals surface area (Å²) < 4.78 is 5.82. The van der Waals surface area contributed by atoms with E-state index in [1.54, 1.807) is 0 Å². The Morgan fingerprint density at radius 2 is 2.14 bits per heavy atom. The predicted octanol–water partition coefficient (Wildman–Crippen LogP) is 3.65. The second kappa shape index (κ2) is 5.92. The highest BCUT2D eigenvalue weighted by Gasteiger charge is 2.30. The summed E-state index contributed by atoms with van der Waals surface area (Å²) >= 11 is 6.15. The molecule has 0 saturated carbocycles. The average Bonchev–Trinajstić information content (AvgIpc) is 3.09. The van der Waals surface area contributed by atoms with Gasteiger partial charge >= 0.3 is 5.97 Å². The summed E-state index contributed by atoms with van der Waals surface area (Å²) in [5, 5.41) is 9.83. The molecule has 0 radical (unpaired) electrons. The maximum absolute atomic E-state index is 11.2. The van der Waals surface area contributed by atoms with Crippen LogP contribution in [0.4, 0.5) is 0 Å². The molecular weight excluding hydrogens is 290 g/mol. The molecule has 0 bridgehead atoms. The van der Waals surface area contributed by atoms with Crippen molar-refractivity contribution in [1.82, 2.24) is 4.90 Å². The van der Waals surface area contributed by atoms with Gasteiger partial charge in [-0.2, -0.15) is 0 Å². The van der Waals surface area contributed by atoms with Crippen LogP contribution in [0, 0.1) is 0 Å². The van der Waals surface area contributed by atoms with Crippen LogP contribution < -0.4 is 0 Å². The summed E-state index contributed by atoms with van der Waals surface area (Å²) in [7, 11) is 0. The fourth-order valence-corrected chi connectivity index (χ4v) is 2.99. The number of halogens is 1. The van der Waals surface area contributed by atoms with Gasteiger partial charge in [0.25, 0.3) is 0 Å². The molecule has 0 aliphatic carbocycles. The number of carboxylic acid groups (broad SMARTS) is 1. The van der Waals surface area contributed by atoms with Crippen molar-refractivity contribution >= 4 is 17.6 Å². The number of benzene rings is 1. The number of likely N-dealkylation sites (tertiary alicyclic amines) is 1. The molecule has 2 aromatic rings. The molecule has 1 aromatic carbocycles. The second-order valence-electron chi connectivity index (χ2n) is 5.21. The van der Waals surface area contributed by atoms with Crippen LogP contribution >= 0.6 is 11.6 Å². The summed E-state index contributed by atoms with van der Waals surface area (Å²) in [6.07, 6.45) is 1.61. The Morgan fingerprint density at radius 1 is 1.33 bits per heavy atom. The number of carbonyl (C=O) groups is 1. The van der Waals surface area contributed by atoms with E-state index >= 15 is 0 Å². The molecule has 1 aliphatic rings. The zero-order chi connectivity index (χ0) is 14.8. The second-order valence-corrected chi connectivity index (χ2v) is 5.62. The smallest absolute Gasteiger partial charge is 0.320 e. The molecule has 0 spiro atoms. The fourth-order valence-electron chi connectivity index (χ4n) is 2.76. The van der Waals surface area contributed by atoms with Gasteiger partial charge in [-0.25, -0.2) is 0 Å². The van der Waals surface area contributed by atoms with Gasteiger partial charge in [0.05, 0.1) is 11.6 Å². The number of nitrogens with zero attached hydrogens (tertiary/aromatic N) is 1. The van der Waals surface area contributed by atoms with Gasteiger partial charge in [0, 0.05) is 5.56 Å². The van der Waals surface area contributed by atoms with E-state index < -0.39 is 12.0 Å². The molecule has 110 valence electrons. The first-order chi connectivity index (χ1) is 10.1. The van der Waals surface area contributed by atoms with Gasteiger partial charge in [-0.1, -0.05) is 23.7 Å². The van der Waals surface area contributed by atoms with Crippen LogP contribution in [-0.4, -0.2) is 28.6 Å². The maximum Gasteiger partial charge on any atom is 0.320 e. The number of hydrogen-bond acceptors (Lipinski definition) is 3. The Balaban J connectivity index is 1.77. The van der Waals surface area contributed by atoms with Crippen molar-refractivity contribution in [2.75, 3.05) is 6.54 Å². The van der Waals surface area contributed by atoms with E-state index in [0.717, 1.165) is 24.3 Å². The zero-order valence-corrected chi connectivity index (χ0v) is 12.2. The van der Waals surface area contributed by atoms with E-state index in [0.29, 0.717) is 23.7 Å². The van der Waals surface area contributed by atoms with Crippen molar-refractivity contribution in [3.8, 4) is 11.3 Å². The molecular formula is C16H16ClNO3. The predicted molar refractivity (Wildman–Crippen MR) is 80.2 cm³/mol. The van der Waals surface area contributed by atoms with Crippen LogP contribution in [-0.2, 0) is 11.3 Å². The Labute approximate surface area is 127 Å². The van der Waals surface area contributed by atoms with E-state index in [1.807, 2.05) is 41.3 Å². The van der Waals surface area contributed by atoms with Crippen LogP contribution in [0.15, 0.2) is 40.8 Å². The van der Waals surface area contributed by atoms with E-state index in [-0.39, 0.29) is 0 Å². The first-order valence-electron chi connectivity index (χ1n) is 6.95.